The molecule has 286 valence electrons. The molecule has 7 atom stereocenters. The first-order chi connectivity index (χ1) is 23.2. The molecule has 0 aliphatic heterocycles. The molecule has 0 aromatic rings. The van der Waals surface area contributed by atoms with Crippen LogP contribution in [0.2, 0.25) is 0 Å². The highest BCUT2D eigenvalue weighted by Crippen LogP contribution is 2.12. The molecule has 19 heteroatoms. The van der Waals surface area contributed by atoms with Crippen LogP contribution in [0, 0.1) is 17.8 Å². The molecule has 0 saturated heterocycles. The smallest absolute Gasteiger partial charge is 0.325 e. The van der Waals surface area contributed by atoms with Crippen molar-refractivity contribution in [3.05, 3.63) is 0 Å². The van der Waals surface area contributed by atoms with Crippen molar-refractivity contribution in [1.29, 1.82) is 0 Å². The van der Waals surface area contributed by atoms with Gasteiger partial charge in [-0.3, -0.25) is 38.8 Å². The van der Waals surface area contributed by atoms with E-state index in [1.807, 2.05) is 6.92 Å². The lowest BCUT2D eigenvalue weighted by Gasteiger charge is -2.30. The number of rotatable bonds is 23. The van der Waals surface area contributed by atoms with Gasteiger partial charge >= 0.3 is 5.97 Å². The summed E-state index contributed by atoms with van der Waals surface area (Å²) < 4.78 is 0. The van der Waals surface area contributed by atoms with Gasteiger partial charge in [-0.15, -0.1) is 0 Å². The quantitative estimate of drug-likeness (QED) is 0.0293. The van der Waals surface area contributed by atoms with Crippen LogP contribution >= 0.6 is 0 Å². The molecule has 50 heavy (non-hydrogen) atoms. The third kappa shape index (κ3) is 17.1. The van der Waals surface area contributed by atoms with Gasteiger partial charge in [0.25, 0.3) is 0 Å². The molecule has 0 aliphatic rings. The molecular formula is C31H60N12O7. The van der Waals surface area contributed by atoms with Crippen LogP contribution in [0.25, 0.3) is 0 Å². The van der Waals surface area contributed by atoms with Crippen LogP contribution < -0.4 is 55.3 Å². The normalized spacial score (nSPS) is 15.2. The molecular weight excluding hydrogens is 652 g/mol. The van der Waals surface area contributed by atoms with Gasteiger partial charge in [0.15, 0.2) is 11.9 Å². The van der Waals surface area contributed by atoms with E-state index in [0.29, 0.717) is 12.8 Å². The van der Waals surface area contributed by atoms with Crippen molar-refractivity contribution in [2.75, 3.05) is 13.1 Å². The minimum atomic E-state index is -1.24. The van der Waals surface area contributed by atoms with Crippen molar-refractivity contribution in [1.82, 2.24) is 26.6 Å². The average Bonchev–Trinajstić information content (AvgIpc) is 3.03. The molecule has 0 radical (unpaired) electrons. The number of aliphatic imine (C=N–C) groups is 2. The fourth-order valence-electron chi connectivity index (χ4n) is 4.49. The number of carbonyl (C=O) groups is 6. The van der Waals surface area contributed by atoms with E-state index in [4.69, 9.17) is 28.7 Å². The summed E-state index contributed by atoms with van der Waals surface area (Å²) >= 11 is 0. The maximum Gasteiger partial charge on any atom is 0.325 e. The molecule has 19 nitrogen and oxygen atoms in total. The first kappa shape index (κ1) is 45.3. The molecule has 0 aliphatic carbocycles. The number of carbonyl (C=O) groups excluding carboxylic acids is 5. The summed E-state index contributed by atoms with van der Waals surface area (Å²) in [5.41, 5.74) is 27.6. The number of guanidine groups is 2. The van der Waals surface area contributed by atoms with E-state index >= 15 is 0 Å². The second-order valence-electron chi connectivity index (χ2n) is 13.0. The van der Waals surface area contributed by atoms with Crippen molar-refractivity contribution in [2.24, 2.45) is 56.4 Å². The van der Waals surface area contributed by atoms with E-state index in [0.717, 1.165) is 0 Å². The van der Waals surface area contributed by atoms with Crippen LogP contribution in [0.4, 0.5) is 0 Å². The number of aliphatic carboxylic acids is 1. The predicted molar refractivity (Wildman–Crippen MR) is 190 cm³/mol. The first-order valence-electron chi connectivity index (χ1n) is 16.8. The fraction of sp³-hybridized carbons (Fsp3) is 0.742. The summed E-state index contributed by atoms with van der Waals surface area (Å²) in [7, 11) is 0. The van der Waals surface area contributed by atoms with Crippen LogP contribution in [0.5, 0.6) is 0 Å². The largest absolute Gasteiger partial charge is 0.480 e. The van der Waals surface area contributed by atoms with Gasteiger partial charge in [0, 0.05) is 13.1 Å². The summed E-state index contributed by atoms with van der Waals surface area (Å²) in [5.74, 6) is -5.96. The molecule has 0 rings (SSSR count). The standard InChI is InChI=1S/C31H60N12O7/c1-8-17(6)23(28(48)39-18(7)29(49)50)43-27(47)22(16(4)5)42-25(45)20(12-10-14-38-31(35)36)40-24(44)19(11-9-13-37-30(33)34)41-26(46)21(32)15(2)3/h15-23H,8-14,32H2,1-7H3,(H,39,48)(H,40,44)(H,41,46)(H,42,45)(H,43,47)(H,49,50)(H4,33,34,37)(H4,35,36,38)/t17-,18-,19-,20-,21-,22-,23-/m0/s1. The molecule has 0 aromatic carbocycles. The molecule has 16 N–H and O–H groups in total. The monoisotopic (exact) mass is 712 g/mol. The number of nitrogens with one attached hydrogen (secondary N) is 5. The van der Waals surface area contributed by atoms with Crippen molar-refractivity contribution in [3.8, 4) is 0 Å². The van der Waals surface area contributed by atoms with Gasteiger partial charge in [-0.05, 0) is 50.4 Å². The Morgan fingerprint density at radius 3 is 1.42 bits per heavy atom. The lowest BCUT2D eigenvalue weighted by atomic mass is 9.96. The summed E-state index contributed by atoms with van der Waals surface area (Å²) in [6.45, 7) is 12.0. The van der Waals surface area contributed by atoms with Crippen molar-refractivity contribution < 1.29 is 33.9 Å². The number of carboxylic acids is 1. The Hall–Kier alpha value is -4.68. The zero-order valence-corrected chi connectivity index (χ0v) is 30.3. The van der Waals surface area contributed by atoms with Crippen LogP contribution in [0.1, 0.15) is 80.6 Å². The Labute approximate surface area is 294 Å². The first-order valence-corrected chi connectivity index (χ1v) is 16.8. The Morgan fingerprint density at radius 1 is 0.600 bits per heavy atom. The zero-order valence-electron chi connectivity index (χ0n) is 30.3. The summed E-state index contributed by atoms with van der Waals surface area (Å²) in [4.78, 5) is 85.8. The van der Waals surface area contributed by atoms with Gasteiger partial charge in [0.1, 0.15) is 30.2 Å². The average molecular weight is 713 g/mol. The number of amides is 5. The molecule has 5 amide bonds. The Morgan fingerprint density at radius 2 is 1.02 bits per heavy atom. The fourth-order valence-corrected chi connectivity index (χ4v) is 4.49. The maximum atomic E-state index is 13.7. The van der Waals surface area contributed by atoms with Crippen LogP contribution in [-0.4, -0.2) is 102 Å². The third-order valence-corrected chi connectivity index (χ3v) is 7.95. The van der Waals surface area contributed by atoms with Gasteiger partial charge in [-0.25, -0.2) is 0 Å². The number of nitrogens with zero attached hydrogens (tertiary/aromatic N) is 2. The number of hydrogen-bond donors (Lipinski definition) is 11. The minimum absolute atomic E-state index is 0.0476. The minimum Gasteiger partial charge on any atom is -0.480 e. The van der Waals surface area contributed by atoms with Gasteiger partial charge in [-0.2, -0.15) is 0 Å². The van der Waals surface area contributed by atoms with E-state index in [1.165, 1.54) is 6.92 Å². The zero-order chi connectivity index (χ0) is 38.7. The van der Waals surface area contributed by atoms with Crippen LogP contribution in [-0.2, 0) is 28.8 Å². The third-order valence-electron chi connectivity index (χ3n) is 7.95. The lowest BCUT2D eigenvalue weighted by molar-refractivity contribution is -0.142. The number of carboxylic acid groups (broad SMARTS) is 1. The second-order valence-corrected chi connectivity index (χ2v) is 13.0. The van der Waals surface area contributed by atoms with Gasteiger partial charge in [0.2, 0.25) is 29.5 Å². The SMILES string of the molecule is CC[C@H](C)[C@H](NC(=O)[C@@H](NC(=O)[C@H](CCCN=C(N)N)NC(=O)[C@H](CCCN=C(N)N)NC(=O)[C@@H](N)C(C)C)C(C)C)C(=O)N[C@@H](C)C(=O)O. The molecule has 0 bridgehead atoms. The molecule has 0 spiro atoms. The van der Waals surface area contributed by atoms with E-state index in [9.17, 15) is 33.9 Å². The topological polar surface area (TPSA) is 338 Å². The Bertz CT molecular complexity index is 1200. The van der Waals surface area contributed by atoms with E-state index in [1.54, 1.807) is 34.6 Å². The van der Waals surface area contributed by atoms with E-state index in [-0.39, 0.29) is 56.1 Å². The van der Waals surface area contributed by atoms with Gasteiger partial charge in [0.05, 0.1) is 6.04 Å². The van der Waals surface area contributed by atoms with Crippen LogP contribution in [0.3, 0.4) is 0 Å². The van der Waals surface area contributed by atoms with E-state index < -0.39 is 77.7 Å². The Kier molecular flexibility index (Phi) is 20.7. The van der Waals surface area contributed by atoms with Crippen molar-refractivity contribution >= 4 is 47.4 Å². The highest BCUT2D eigenvalue weighted by Gasteiger charge is 2.35. The molecule has 0 fully saturated rings. The highest BCUT2D eigenvalue weighted by atomic mass is 16.4. The molecule has 0 saturated carbocycles. The van der Waals surface area contributed by atoms with Gasteiger partial charge < -0.3 is 60.4 Å². The summed E-state index contributed by atoms with van der Waals surface area (Å²) in [6.07, 6.45) is 1.20. The lowest BCUT2D eigenvalue weighted by Crippen LogP contribution is -2.61. The van der Waals surface area contributed by atoms with Gasteiger partial charge in [-0.1, -0.05) is 48.0 Å². The highest BCUT2D eigenvalue weighted by molar-refractivity contribution is 5.96. The van der Waals surface area contributed by atoms with Crippen molar-refractivity contribution in [3.63, 3.8) is 0 Å². The summed E-state index contributed by atoms with van der Waals surface area (Å²) in [5, 5.41) is 22.3. The molecule has 0 unspecified atom stereocenters. The van der Waals surface area contributed by atoms with E-state index in [2.05, 4.69) is 36.6 Å². The second kappa shape index (κ2) is 22.9. The molecule has 0 heterocycles. The number of hydrogen-bond acceptors (Lipinski definition) is 9. The summed E-state index contributed by atoms with van der Waals surface area (Å²) in [6, 6.07) is -6.66. The maximum absolute atomic E-state index is 13.7. The Balaban J connectivity index is 6.27. The molecule has 0 aromatic heterocycles. The van der Waals surface area contributed by atoms with Crippen molar-refractivity contribution in [2.45, 2.75) is 117 Å². The number of nitrogens with two attached hydrogens (primary N) is 5. The van der Waals surface area contributed by atoms with Crippen LogP contribution in [0.15, 0.2) is 9.98 Å². The predicted octanol–water partition coefficient (Wildman–Crippen LogP) is -2.69.